The second kappa shape index (κ2) is 7.15. The molecule has 2 unspecified atom stereocenters. The number of nitrogens with one attached hydrogen (secondary N) is 2. The Balaban J connectivity index is 1.81. The summed E-state index contributed by atoms with van der Waals surface area (Å²) in [5, 5.41) is 5.05. The number of piperazine rings is 1. The summed E-state index contributed by atoms with van der Waals surface area (Å²) in [5.41, 5.74) is 0.863. The number of sulfonamides is 1. The lowest BCUT2D eigenvalue weighted by Crippen LogP contribution is -2.57. The Bertz CT molecular complexity index is 850. The minimum Gasteiger partial charge on any atom is -0.333 e. The molecule has 134 valence electrons. The van der Waals surface area contributed by atoms with E-state index in [4.69, 9.17) is 0 Å². The van der Waals surface area contributed by atoms with Crippen molar-refractivity contribution in [3.05, 3.63) is 47.3 Å². The van der Waals surface area contributed by atoms with Gasteiger partial charge in [-0.05, 0) is 43.5 Å². The molecule has 2 N–H and O–H groups in total. The highest BCUT2D eigenvalue weighted by atomic mass is 32.2. The third kappa shape index (κ3) is 3.86. The molecule has 1 aromatic heterocycles. The largest absolute Gasteiger partial charge is 0.333 e. The van der Waals surface area contributed by atoms with Crippen LogP contribution < -0.4 is 10.0 Å². The molecule has 25 heavy (non-hydrogen) atoms. The summed E-state index contributed by atoms with van der Waals surface area (Å²) < 4.78 is 27.5. The maximum Gasteiger partial charge on any atom is 0.271 e. The van der Waals surface area contributed by atoms with Gasteiger partial charge >= 0.3 is 0 Å². The number of rotatable bonds is 4. The predicted octanol–water partition coefficient (Wildman–Crippen LogP) is 2.37. The first kappa shape index (κ1) is 17.9. The van der Waals surface area contributed by atoms with E-state index in [2.05, 4.69) is 17.0 Å². The molecular weight excluding hydrogens is 358 g/mol. The van der Waals surface area contributed by atoms with Crippen molar-refractivity contribution in [3.63, 3.8) is 0 Å². The lowest BCUT2D eigenvalue weighted by atomic mass is 10.1. The molecular formula is C17H21N3O3S2. The Labute approximate surface area is 151 Å². The number of anilines is 1. The van der Waals surface area contributed by atoms with Crippen LogP contribution >= 0.6 is 11.3 Å². The van der Waals surface area contributed by atoms with Gasteiger partial charge in [0.15, 0.2) is 0 Å². The fourth-order valence-corrected chi connectivity index (χ4v) is 4.89. The molecule has 2 atom stereocenters. The fraction of sp³-hybridized carbons (Fsp3) is 0.353. The van der Waals surface area contributed by atoms with Crippen LogP contribution in [0, 0.1) is 0 Å². The van der Waals surface area contributed by atoms with E-state index < -0.39 is 10.0 Å². The number of hydrogen-bond acceptors (Lipinski definition) is 5. The van der Waals surface area contributed by atoms with Crippen molar-refractivity contribution >= 4 is 33.0 Å². The van der Waals surface area contributed by atoms with Crippen LogP contribution in [0.4, 0.5) is 5.69 Å². The molecule has 0 spiro atoms. The first-order chi connectivity index (χ1) is 11.9. The Hall–Kier alpha value is -1.90. The molecule has 1 aliphatic rings. The van der Waals surface area contributed by atoms with Crippen molar-refractivity contribution in [1.82, 2.24) is 10.2 Å². The van der Waals surface area contributed by atoms with Crippen LogP contribution in [0.2, 0.25) is 0 Å². The molecule has 1 saturated heterocycles. The molecule has 0 aliphatic carbocycles. The summed E-state index contributed by atoms with van der Waals surface area (Å²) in [6.07, 6.45) is 0. The second-order valence-electron chi connectivity index (χ2n) is 6.10. The monoisotopic (exact) mass is 379 g/mol. The number of nitrogens with zero attached hydrogens (tertiary/aromatic N) is 1. The average Bonchev–Trinajstić information content (AvgIpc) is 3.12. The lowest BCUT2D eigenvalue weighted by molar-refractivity contribution is 0.0603. The number of hydrogen-bond donors (Lipinski definition) is 2. The average molecular weight is 380 g/mol. The fourth-order valence-electron chi connectivity index (χ4n) is 2.85. The number of thiophene rings is 1. The normalized spacial score (nSPS) is 21.1. The van der Waals surface area contributed by atoms with Crippen LogP contribution in [0.3, 0.4) is 0 Å². The van der Waals surface area contributed by atoms with Crippen LogP contribution in [0.25, 0.3) is 0 Å². The molecule has 2 aromatic rings. The topological polar surface area (TPSA) is 78.5 Å². The highest BCUT2D eigenvalue weighted by Crippen LogP contribution is 2.22. The SMILES string of the molecule is CC1NCCN(C(=O)c2cccc(NS(=O)(=O)c3cccs3)c2)C1C. The molecule has 0 saturated carbocycles. The molecule has 1 aromatic carbocycles. The summed E-state index contributed by atoms with van der Waals surface area (Å²) >= 11 is 1.15. The first-order valence-corrected chi connectivity index (χ1v) is 10.5. The number of carbonyl (C=O) groups excluding carboxylic acids is 1. The van der Waals surface area contributed by atoms with Gasteiger partial charge in [-0.15, -0.1) is 11.3 Å². The van der Waals surface area contributed by atoms with Crippen molar-refractivity contribution in [2.24, 2.45) is 0 Å². The summed E-state index contributed by atoms with van der Waals surface area (Å²) in [7, 11) is -3.62. The van der Waals surface area contributed by atoms with Crippen molar-refractivity contribution in [1.29, 1.82) is 0 Å². The van der Waals surface area contributed by atoms with Crippen LogP contribution in [-0.4, -0.2) is 44.4 Å². The van der Waals surface area contributed by atoms with E-state index in [0.29, 0.717) is 17.8 Å². The molecule has 6 nitrogen and oxygen atoms in total. The predicted molar refractivity (Wildman–Crippen MR) is 99.5 cm³/mol. The van der Waals surface area contributed by atoms with E-state index in [9.17, 15) is 13.2 Å². The van der Waals surface area contributed by atoms with Gasteiger partial charge < -0.3 is 10.2 Å². The summed E-state index contributed by atoms with van der Waals surface area (Å²) in [4.78, 5) is 14.7. The molecule has 2 heterocycles. The Morgan fingerprint density at radius 3 is 2.80 bits per heavy atom. The van der Waals surface area contributed by atoms with E-state index >= 15 is 0 Å². The van der Waals surface area contributed by atoms with E-state index in [0.717, 1.165) is 17.9 Å². The second-order valence-corrected chi connectivity index (χ2v) is 8.96. The smallest absolute Gasteiger partial charge is 0.271 e. The minimum absolute atomic E-state index is 0.0766. The number of amides is 1. The number of benzene rings is 1. The lowest BCUT2D eigenvalue weighted by Gasteiger charge is -2.38. The number of carbonyl (C=O) groups is 1. The summed E-state index contributed by atoms with van der Waals surface area (Å²) in [6.45, 7) is 5.45. The van der Waals surface area contributed by atoms with Crippen LogP contribution in [0.5, 0.6) is 0 Å². The Morgan fingerprint density at radius 1 is 1.28 bits per heavy atom. The zero-order chi connectivity index (χ0) is 18.0. The Morgan fingerprint density at radius 2 is 2.08 bits per heavy atom. The van der Waals surface area contributed by atoms with E-state index in [1.165, 1.54) is 0 Å². The van der Waals surface area contributed by atoms with Crippen molar-refractivity contribution in [2.45, 2.75) is 30.1 Å². The zero-order valence-electron chi connectivity index (χ0n) is 14.1. The van der Waals surface area contributed by atoms with Gasteiger partial charge in [-0.2, -0.15) is 0 Å². The van der Waals surface area contributed by atoms with Gasteiger partial charge in [-0.3, -0.25) is 9.52 Å². The maximum atomic E-state index is 12.8. The summed E-state index contributed by atoms with van der Waals surface area (Å²) in [6, 6.07) is 10.2. The highest BCUT2D eigenvalue weighted by molar-refractivity contribution is 7.94. The molecule has 1 aliphatic heterocycles. The minimum atomic E-state index is -3.62. The highest BCUT2D eigenvalue weighted by Gasteiger charge is 2.29. The Kier molecular flexibility index (Phi) is 5.12. The third-order valence-corrected chi connectivity index (χ3v) is 7.20. The van der Waals surface area contributed by atoms with Gasteiger partial charge in [0.1, 0.15) is 4.21 Å². The van der Waals surface area contributed by atoms with E-state index in [1.807, 2.05) is 11.8 Å². The first-order valence-electron chi connectivity index (χ1n) is 8.09. The van der Waals surface area contributed by atoms with Crippen molar-refractivity contribution < 1.29 is 13.2 Å². The third-order valence-electron chi connectivity index (χ3n) is 4.42. The van der Waals surface area contributed by atoms with Crippen LogP contribution in [0.15, 0.2) is 46.0 Å². The van der Waals surface area contributed by atoms with Gasteiger partial charge in [-0.1, -0.05) is 12.1 Å². The molecule has 0 bridgehead atoms. The molecule has 3 rings (SSSR count). The van der Waals surface area contributed by atoms with Gasteiger partial charge in [0.05, 0.1) is 0 Å². The van der Waals surface area contributed by atoms with E-state index in [1.54, 1.807) is 41.8 Å². The van der Waals surface area contributed by atoms with Gasteiger partial charge in [0.2, 0.25) is 0 Å². The molecule has 0 radical (unpaired) electrons. The quantitative estimate of drug-likeness (QED) is 0.855. The standard InChI is InChI=1S/C17H21N3O3S2/c1-12-13(2)20(9-8-18-12)17(21)14-5-3-6-15(11-14)19-25(22,23)16-7-4-10-24-16/h3-7,10-13,18-19H,8-9H2,1-2H3. The van der Waals surface area contributed by atoms with Gasteiger partial charge in [-0.25, -0.2) is 8.42 Å². The zero-order valence-corrected chi connectivity index (χ0v) is 15.7. The van der Waals surface area contributed by atoms with Crippen molar-refractivity contribution in [2.75, 3.05) is 17.8 Å². The molecule has 1 amide bonds. The van der Waals surface area contributed by atoms with Crippen LogP contribution in [-0.2, 0) is 10.0 Å². The maximum absolute atomic E-state index is 12.8. The molecule has 8 heteroatoms. The summed E-state index contributed by atoms with van der Waals surface area (Å²) in [5.74, 6) is -0.0852. The molecule has 1 fully saturated rings. The van der Waals surface area contributed by atoms with Gasteiger partial charge in [0.25, 0.3) is 15.9 Å². The van der Waals surface area contributed by atoms with Gasteiger partial charge in [0, 0.05) is 36.4 Å². The van der Waals surface area contributed by atoms with Crippen molar-refractivity contribution in [3.8, 4) is 0 Å². The van der Waals surface area contributed by atoms with Crippen LogP contribution in [0.1, 0.15) is 24.2 Å². The van der Waals surface area contributed by atoms with E-state index in [-0.39, 0.29) is 22.2 Å².